The van der Waals surface area contributed by atoms with Crippen molar-refractivity contribution in [3.63, 3.8) is 0 Å². The Balaban J connectivity index is 0.000000400. The van der Waals surface area contributed by atoms with Gasteiger partial charge in [-0.1, -0.05) is 30.3 Å². The number of carbonyl (C=O) groups is 1. The summed E-state index contributed by atoms with van der Waals surface area (Å²) in [6.45, 7) is 0.268. The Morgan fingerprint density at radius 1 is 1.00 bits per heavy atom. The van der Waals surface area contributed by atoms with E-state index in [4.69, 9.17) is 25.2 Å². The largest absolute Gasteiger partial charge is 0.466 e. The highest BCUT2D eigenvalue weighted by molar-refractivity contribution is 5.65. The summed E-state index contributed by atoms with van der Waals surface area (Å²) in [5.41, 5.74) is 0.0822. The molecule has 120 valence electrons. The van der Waals surface area contributed by atoms with E-state index < -0.39 is 31.8 Å². The summed E-state index contributed by atoms with van der Waals surface area (Å²) in [7, 11) is 0. The van der Waals surface area contributed by atoms with Crippen LogP contribution >= 0.6 is 0 Å². The molecule has 4 N–H and O–H groups in total. The van der Waals surface area contributed by atoms with Crippen LogP contribution in [0.1, 0.15) is 12.5 Å². The average molecular weight is 300 g/mol. The van der Waals surface area contributed by atoms with E-state index in [9.17, 15) is 4.79 Å². The van der Waals surface area contributed by atoms with Gasteiger partial charge in [0.05, 0.1) is 38.4 Å². The molecule has 0 aliphatic rings. The molecule has 0 fully saturated rings. The number of benzene rings is 1. The summed E-state index contributed by atoms with van der Waals surface area (Å²) in [5.74, 6) is -0.217. The maximum Gasteiger partial charge on any atom is 0.302 e. The second-order valence-corrected chi connectivity index (χ2v) is 4.71. The molecule has 1 aromatic carbocycles. The topological polar surface area (TPSA) is 107 Å². The van der Waals surface area contributed by atoms with Crippen molar-refractivity contribution < 1.29 is 30.0 Å². The molecule has 0 heterocycles. The smallest absolute Gasteiger partial charge is 0.302 e. The predicted octanol–water partition coefficient (Wildman–Crippen LogP) is -0.266. The van der Waals surface area contributed by atoms with Crippen LogP contribution in [0.2, 0.25) is 0 Å². The van der Waals surface area contributed by atoms with Crippen LogP contribution in [0, 0.1) is 5.41 Å². The zero-order valence-electron chi connectivity index (χ0n) is 12.2. The number of ether oxygens (including phenoxy) is 1. The summed E-state index contributed by atoms with van der Waals surface area (Å²) in [6, 6.07) is 9.95. The molecule has 0 spiro atoms. The van der Waals surface area contributed by atoms with Gasteiger partial charge < -0.3 is 25.2 Å². The van der Waals surface area contributed by atoms with E-state index in [0.717, 1.165) is 6.42 Å². The lowest BCUT2D eigenvalue weighted by Crippen LogP contribution is -2.37. The number of carbonyl (C=O) groups excluding carboxylic acids is 1. The highest BCUT2D eigenvalue weighted by atomic mass is 16.5. The van der Waals surface area contributed by atoms with Gasteiger partial charge in [-0.05, 0) is 5.56 Å². The number of aliphatic hydroxyl groups is 4. The summed E-state index contributed by atoms with van der Waals surface area (Å²) < 4.78 is 4.81. The minimum atomic E-state index is -1.11. The monoisotopic (exact) mass is 300 g/mol. The number of hydrogen-bond acceptors (Lipinski definition) is 6. The van der Waals surface area contributed by atoms with Crippen LogP contribution in [0.5, 0.6) is 0 Å². The quantitative estimate of drug-likeness (QED) is 0.517. The number of esters is 1. The van der Waals surface area contributed by atoms with E-state index >= 15 is 0 Å². The Hall–Kier alpha value is -1.47. The van der Waals surface area contributed by atoms with E-state index in [0.29, 0.717) is 6.61 Å². The predicted molar refractivity (Wildman–Crippen MR) is 77.6 cm³/mol. The minimum Gasteiger partial charge on any atom is -0.466 e. The molecule has 0 unspecified atom stereocenters. The minimum absolute atomic E-state index is 0.217. The van der Waals surface area contributed by atoms with E-state index in [1.807, 2.05) is 30.3 Å². The Morgan fingerprint density at radius 3 is 1.81 bits per heavy atom. The molecular formula is C15H24O6. The zero-order valence-corrected chi connectivity index (χ0v) is 12.2. The molecule has 6 heteroatoms. The molecule has 0 aliphatic carbocycles. The van der Waals surface area contributed by atoms with Gasteiger partial charge in [0.1, 0.15) is 0 Å². The van der Waals surface area contributed by atoms with Gasteiger partial charge in [0, 0.05) is 13.3 Å². The van der Waals surface area contributed by atoms with Gasteiger partial charge in [0.2, 0.25) is 0 Å². The van der Waals surface area contributed by atoms with Crippen molar-refractivity contribution in [1.82, 2.24) is 0 Å². The van der Waals surface area contributed by atoms with Crippen LogP contribution in [0.25, 0.3) is 0 Å². The Kier molecular flexibility index (Phi) is 10.4. The van der Waals surface area contributed by atoms with Crippen LogP contribution in [0.4, 0.5) is 0 Å². The number of rotatable bonds is 7. The molecule has 0 bridgehead atoms. The Labute approximate surface area is 124 Å². The van der Waals surface area contributed by atoms with Gasteiger partial charge in [0.15, 0.2) is 0 Å². The van der Waals surface area contributed by atoms with Crippen LogP contribution in [-0.4, -0.2) is 59.4 Å². The third kappa shape index (κ3) is 8.41. The second kappa shape index (κ2) is 11.2. The zero-order chi connectivity index (χ0) is 16.1. The molecule has 1 aromatic rings. The highest BCUT2D eigenvalue weighted by Gasteiger charge is 2.26. The standard InChI is InChI=1S/C10H12O2.C5H12O4/c1-9(11)12-8-7-10-5-3-2-4-6-10;6-1-5(2-7,3-8)4-9/h2-6H,7-8H2,1H3;6-9H,1-4H2. The fraction of sp³-hybridized carbons (Fsp3) is 0.533. The van der Waals surface area contributed by atoms with Crippen molar-refractivity contribution >= 4 is 5.97 Å². The summed E-state index contributed by atoms with van der Waals surface area (Å²) in [4.78, 5) is 10.4. The van der Waals surface area contributed by atoms with Crippen molar-refractivity contribution in [3.8, 4) is 0 Å². The summed E-state index contributed by atoms with van der Waals surface area (Å²) in [5, 5.41) is 34.0. The van der Waals surface area contributed by atoms with Gasteiger partial charge in [-0.3, -0.25) is 4.79 Å². The second-order valence-electron chi connectivity index (χ2n) is 4.71. The highest BCUT2D eigenvalue weighted by Crippen LogP contribution is 2.11. The first-order valence-corrected chi connectivity index (χ1v) is 6.64. The fourth-order valence-electron chi connectivity index (χ4n) is 1.26. The van der Waals surface area contributed by atoms with E-state index in [2.05, 4.69) is 0 Å². The molecule has 1 rings (SSSR count). The summed E-state index contributed by atoms with van der Waals surface area (Å²) in [6.07, 6.45) is 0.792. The van der Waals surface area contributed by atoms with E-state index in [1.165, 1.54) is 12.5 Å². The Morgan fingerprint density at radius 2 is 1.48 bits per heavy atom. The van der Waals surface area contributed by atoms with Crippen LogP contribution < -0.4 is 0 Å². The van der Waals surface area contributed by atoms with Crippen LogP contribution in [-0.2, 0) is 16.0 Å². The van der Waals surface area contributed by atoms with Crippen molar-refractivity contribution in [2.24, 2.45) is 5.41 Å². The van der Waals surface area contributed by atoms with E-state index in [-0.39, 0.29) is 5.97 Å². The molecular weight excluding hydrogens is 276 g/mol. The van der Waals surface area contributed by atoms with Crippen molar-refractivity contribution in [1.29, 1.82) is 0 Å². The van der Waals surface area contributed by atoms with Gasteiger partial charge in [-0.15, -0.1) is 0 Å². The fourth-order valence-corrected chi connectivity index (χ4v) is 1.26. The van der Waals surface area contributed by atoms with Crippen molar-refractivity contribution in [3.05, 3.63) is 35.9 Å². The van der Waals surface area contributed by atoms with Gasteiger partial charge >= 0.3 is 5.97 Å². The van der Waals surface area contributed by atoms with Crippen molar-refractivity contribution in [2.45, 2.75) is 13.3 Å². The number of aliphatic hydroxyl groups excluding tert-OH is 4. The molecule has 0 saturated carbocycles. The number of hydrogen-bond donors (Lipinski definition) is 4. The molecule has 6 nitrogen and oxygen atoms in total. The maximum absolute atomic E-state index is 10.4. The maximum atomic E-state index is 10.4. The molecule has 21 heavy (non-hydrogen) atoms. The van der Waals surface area contributed by atoms with Gasteiger partial charge in [0.25, 0.3) is 0 Å². The third-order valence-corrected chi connectivity index (χ3v) is 2.88. The lowest BCUT2D eigenvalue weighted by Gasteiger charge is -2.23. The molecule has 0 aliphatic heterocycles. The molecule has 0 saturated heterocycles. The lowest BCUT2D eigenvalue weighted by molar-refractivity contribution is -0.140. The van der Waals surface area contributed by atoms with E-state index in [1.54, 1.807) is 0 Å². The van der Waals surface area contributed by atoms with Gasteiger partial charge in [-0.25, -0.2) is 0 Å². The first kappa shape index (κ1) is 19.5. The molecule has 0 radical (unpaired) electrons. The SMILES string of the molecule is CC(=O)OCCc1ccccc1.OCC(CO)(CO)CO. The van der Waals surface area contributed by atoms with Crippen LogP contribution in [0.15, 0.2) is 30.3 Å². The molecule has 0 aromatic heterocycles. The molecule has 0 atom stereocenters. The first-order valence-electron chi connectivity index (χ1n) is 6.64. The lowest BCUT2D eigenvalue weighted by atomic mass is 9.93. The third-order valence-electron chi connectivity index (χ3n) is 2.88. The first-order chi connectivity index (χ1) is 10.0. The average Bonchev–Trinajstić information content (AvgIpc) is 2.52. The van der Waals surface area contributed by atoms with Gasteiger partial charge in [-0.2, -0.15) is 0 Å². The van der Waals surface area contributed by atoms with Crippen LogP contribution in [0.3, 0.4) is 0 Å². The Bertz CT molecular complexity index is 358. The normalized spacial score (nSPS) is 10.5. The molecule has 0 amide bonds. The van der Waals surface area contributed by atoms with Crippen molar-refractivity contribution in [2.75, 3.05) is 33.0 Å². The summed E-state index contributed by atoms with van der Waals surface area (Å²) >= 11 is 0.